The van der Waals surface area contributed by atoms with Gasteiger partial charge >= 0.3 is 0 Å². The summed E-state index contributed by atoms with van der Waals surface area (Å²) in [6.45, 7) is 2.87. The minimum atomic E-state index is 0.151. The number of carbonyl (C=O) groups excluding carboxylic acids is 1. The molecule has 100 valence electrons. The van der Waals surface area contributed by atoms with Gasteiger partial charge in [-0.3, -0.25) is 4.79 Å². The maximum atomic E-state index is 12.0. The maximum absolute atomic E-state index is 12.0. The van der Waals surface area contributed by atoms with Gasteiger partial charge in [-0.2, -0.15) is 0 Å². The van der Waals surface area contributed by atoms with E-state index in [1.165, 1.54) is 0 Å². The third-order valence-corrected chi connectivity index (χ3v) is 3.07. The molecule has 0 N–H and O–H groups in total. The normalized spacial score (nSPS) is 10.4. The Morgan fingerprint density at radius 3 is 2.79 bits per heavy atom. The third kappa shape index (κ3) is 3.47. The van der Waals surface area contributed by atoms with E-state index in [0.717, 1.165) is 29.9 Å². The molecule has 1 aromatic carbocycles. The van der Waals surface area contributed by atoms with Gasteiger partial charge in [0, 0.05) is 19.2 Å². The number of amides is 1. The molecule has 0 bridgehead atoms. The van der Waals surface area contributed by atoms with E-state index in [-0.39, 0.29) is 5.91 Å². The summed E-state index contributed by atoms with van der Waals surface area (Å²) in [4.78, 5) is 13.8. The van der Waals surface area contributed by atoms with Gasteiger partial charge in [-0.05, 0) is 30.2 Å². The van der Waals surface area contributed by atoms with Crippen molar-refractivity contribution in [2.45, 2.75) is 19.8 Å². The van der Waals surface area contributed by atoms with E-state index < -0.39 is 0 Å². The molecule has 1 amide bonds. The highest BCUT2D eigenvalue weighted by molar-refractivity contribution is 5.79. The lowest BCUT2D eigenvalue weighted by Crippen LogP contribution is -2.28. The molecule has 0 spiro atoms. The van der Waals surface area contributed by atoms with Gasteiger partial charge in [0.25, 0.3) is 0 Å². The number of nitrogens with zero attached hydrogens (tertiary/aromatic N) is 1. The molecule has 1 aromatic heterocycles. The highest BCUT2D eigenvalue weighted by Crippen LogP contribution is 2.21. The van der Waals surface area contributed by atoms with Crippen molar-refractivity contribution in [1.29, 1.82) is 0 Å². The summed E-state index contributed by atoms with van der Waals surface area (Å²) < 4.78 is 5.37. The number of rotatable bonds is 5. The topological polar surface area (TPSA) is 33.5 Å². The number of benzene rings is 1. The molecule has 0 fully saturated rings. The molecule has 0 aliphatic rings. The molecule has 2 rings (SSSR count). The monoisotopic (exact) mass is 257 g/mol. The molecular formula is C16H19NO2. The van der Waals surface area contributed by atoms with E-state index in [1.54, 1.807) is 11.2 Å². The van der Waals surface area contributed by atoms with Gasteiger partial charge in [0.15, 0.2) is 0 Å². The first-order valence-electron chi connectivity index (χ1n) is 6.57. The van der Waals surface area contributed by atoms with Gasteiger partial charge in [0.05, 0.1) is 12.7 Å². The van der Waals surface area contributed by atoms with Crippen molar-refractivity contribution in [1.82, 2.24) is 4.90 Å². The lowest BCUT2D eigenvalue weighted by Gasteiger charge is -2.16. The van der Waals surface area contributed by atoms with Crippen LogP contribution in [0.25, 0.3) is 11.3 Å². The molecule has 0 saturated carbocycles. The van der Waals surface area contributed by atoms with Crippen molar-refractivity contribution >= 4 is 5.91 Å². The second-order valence-corrected chi connectivity index (χ2v) is 4.67. The second kappa shape index (κ2) is 6.23. The van der Waals surface area contributed by atoms with Crippen LogP contribution in [-0.4, -0.2) is 24.4 Å². The van der Waals surface area contributed by atoms with E-state index in [1.807, 2.05) is 43.4 Å². The van der Waals surface area contributed by atoms with E-state index in [4.69, 9.17) is 4.42 Å². The lowest BCUT2D eigenvalue weighted by atomic mass is 10.1. The molecule has 3 heteroatoms. The van der Waals surface area contributed by atoms with E-state index in [0.29, 0.717) is 6.42 Å². The van der Waals surface area contributed by atoms with Crippen molar-refractivity contribution in [2.24, 2.45) is 0 Å². The summed E-state index contributed by atoms with van der Waals surface area (Å²) in [6, 6.07) is 11.7. The second-order valence-electron chi connectivity index (χ2n) is 4.67. The first-order chi connectivity index (χ1) is 9.20. The van der Waals surface area contributed by atoms with E-state index in [9.17, 15) is 4.79 Å². The van der Waals surface area contributed by atoms with E-state index in [2.05, 4.69) is 6.92 Å². The number of likely N-dealkylation sites (N-methyl/N-ethyl adjacent to an activating group) is 1. The SMILES string of the molecule is CCCN(C)C(=O)Cc1cccc(-c2ccco2)c1. The van der Waals surface area contributed by atoms with Crippen molar-refractivity contribution in [3.63, 3.8) is 0 Å². The first kappa shape index (κ1) is 13.4. The van der Waals surface area contributed by atoms with Gasteiger partial charge in [-0.1, -0.05) is 25.1 Å². The molecule has 2 aromatic rings. The van der Waals surface area contributed by atoms with E-state index >= 15 is 0 Å². The summed E-state index contributed by atoms with van der Waals surface area (Å²) in [6.07, 6.45) is 3.07. The fourth-order valence-electron chi connectivity index (χ4n) is 2.05. The van der Waals surface area contributed by atoms with Gasteiger partial charge in [0.2, 0.25) is 5.91 Å². The zero-order chi connectivity index (χ0) is 13.7. The minimum absolute atomic E-state index is 0.151. The Hall–Kier alpha value is -2.03. The van der Waals surface area contributed by atoms with Crippen LogP contribution in [-0.2, 0) is 11.2 Å². The molecular weight excluding hydrogens is 238 g/mol. The van der Waals surface area contributed by atoms with Crippen LogP contribution in [0.4, 0.5) is 0 Å². The standard InChI is InChI=1S/C16H19NO2/c1-3-9-17(2)16(18)12-13-6-4-7-14(11-13)15-8-5-10-19-15/h4-8,10-11H,3,9,12H2,1-2H3. The smallest absolute Gasteiger partial charge is 0.226 e. The Bertz CT molecular complexity index is 531. The van der Waals surface area contributed by atoms with Crippen LogP contribution >= 0.6 is 0 Å². The molecule has 0 atom stereocenters. The van der Waals surface area contributed by atoms with Crippen molar-refractivity contribution in [2.75, 3.05) is 13.6 Å². The van der Waals surface area contributed by atoms with Crippen molar-refractivity contribution < 1.29 is 9.21 Å². The van der Waals surface area contributed by atoms with Crippen LogP contribution < -0.4 is 0 Å². The molecule has 19 heavy (non-hydrogen) atoms. The zero-order valence-corrected chi connectivity index (χ0v) is 11.4. The summed E-state index contributed by atoms with van der Waals surface area (Å²) in [5.74, 6) is 0.981. The first-order valence-corrected chi connectivity index (χ1v) is 6.57. The summed E-state index contributed by atoms with van der Waals surface area (Å²) in [5, 5.41) is 0. The molecule has 0 aliphatic heterocycles. The molecule has 3 nitrogen and oxygen atoms in total. The third-order valence-electron chi connectivity index (χ3n) is 3.07. The Labute approximate surface area is 113 Å². The molecule has 0 unspecified atom stereocenters. The highest BCUT2D eigenvalue weighted by Gasteiger charge is 2.09. The van der Waals surface area contributed by atoms with Crippen LogP contribution in [0.15, 0.2) is 47.1 Å². The van der Waals surface area contributed by atoms with Crippen LogP contribution in [0.1, 0.15) is 18.9 Å². The fourth-order valence-corrected chi connectivity index (χ4v) is 2.05. The van der Waals surface area contributed by atoms with Crippen LogP contribution in [0.3, 0.4) is 0 Å². The largest absolute Gasteiger partial charge is 0.464 e. The number of hydrogen-bond acceptors (Lipinski definition) is 2. The highest BCUT2D eigenvalue weighted by atomic mass is 16.3. The number of furan rings is 1. The Morgan fingerprint density at radius 1 is 1.26 bits per heavy atom. The van der Waals surface area contributed by atoms with Gasteiger partial charge in [-0.25, -0.2) is 0 Å². The average Bonchev–Trinajstić information content (AvgIpc) is 2.93. The molecule has 1 heterocycles. The Morgan fingerprint density at radius 2 is 2.11 bits per heavy atom. The Balaban J connectivity index is 2.09. The predicted octanol–water partition coefficient (Wildman–Crippen LogP) is 3.36. The molecule has 0 aliphatic carbocycles. The van der Waals surface area contributed by atoms with Crippen LogP contribution in [0, 0.1) is 0 Å². The summed E-state index contributed by atoms with van der Waals surface area (Å²) in [5.41, 5.74) is 2.02. The van der Waals surface area contributed by atoms with Crippen molar-refractivity contribution in [3.05, 3.63) is 48.2 Å². The summed E-state index contributed by atoms with van der Waals surface area (Å²) in [7, 11) is 1.85. The van der Waals surface area contributed by atoms with Crippen LogP contribution in [0.5, 0.6) is 0 Å². The summed E-state index contributed by atoms with van der Waals surface area (Å²) >= 11 is 0. The lowest BCUT2D eigenvalue weighted by molar-refractivity contribution is -0.129. The van der Waals surface area contributed by atoms with Gasteiger partial charge < -0.3 is 9.32 Å². The zero-order valence-electron chi connectivity index (χ0n) is 11.4. The fraction of sp³-hybridized carbons (Fsp3) is 0.312. The minimum Gasteiger partial charge on any atom is -0.464 e. The molecule has 0 radical (unpaired) electrons. The quantitative estimate of drug-likeness (QED) is 0.823. The van der Waals surface area contributed by atoms with Gasteiger partial charge in [0.1, 0.15) is 5.76 Å². The Kier molecular flexibility index (Phi) is 4.39. The van der Waals surface area contributed by atoms with Crippen LogP contribution in [0.2, 0.25) is 0 Å². The van der Waals surface area contributed by atoms with Crippen molar-refractivity contribution in [3.8, 4) is 11.3 Å². The number of carbonyl (C=O) groups is 1. The maximum Gasteiger partial charge on any atom is 0.226 e. The van der Waals surface area contributed by atoms with Gasteiger partial charge in [-0.15, -0.1) is 0 Å². The predicted molar refractivity (Wildman–Crippen MR) is 75.8 cm³/mol. The molecule has 0 saturated heterocycles. The number of hydrogen-bond donors (Lipinski definition) is 0. The average molecular weight is 257 g/mol.